The van der Waals surface area contributed by atoms with Crippen molar-refractivity contribution in [1.29, 1.82) is 0 Å². The fraction of sp³-hybridized carbons (Fsp3) is 0.200. The Hall–Kier alpha value is -2.35. The lowest BCUT2D eigenvalue weighted by Gasteiger charge is -2.11. The molecule has 0 saturated carbocycles. The van der Waals surface area contributed by atoms with Crippen molar-refractivity contribution >= 4 is 35.0 Å². The van der Waals surface area contributed by atoms with E-state index in [-0.39, 0.29) is 6.04 Å². The summed E-state index contributed by atoms with van der Waals surface area (Å²) in [6, 6.07) is 15.8. The van der Waals surface area contributed by atoms with Crippen LogP contribution in [-0.4, -0.2) is 30.0 Å². The molecule has 4 rings (SSSR count). The number of benzene rings is 2. The van der Waals surface area contributed by atoms with Gasteiger partial charge in [-0.25, -0.2) is 4.68 Å². The minimum Gasteiger partial charge on any atom is -0.225 e. The number of aromatic nitrogens is 6. The quantitative estimate of drug-likeness (QED) is 0.356. The topological polar surface area (TPSA) is 61.4 Å². The summed E-state index contributed by atoms with van der Waals surface area (Å²) in [4.78, 5) is 1.59. The van der Waals surface area contributed by atoms with E-state index in [2.05, 4.69) is 32.6 Å². The molecule has 2 aromatic heterocycles. The molecule has 2 heterocycles. The lowest BCUT2D eigenvalue weighted by molar-refractivity contribution is 0.455. The van der Waals surface area contributed by atoms with Gasteiger partial charge in [0.2, 0.25) is 5.82 Å². The highest BCUT2D eigenvalue weighted by Crippen LogP contribution is 2.36. The molecule has 0 aliphatic rings. The predicted molar refractivity (Wildman–Crippen MR) is 117 cm³/mol. The van der Waals surface area contributed by atoms with Crippen LogP contribution in [-0.2, 0) is 5.75 Å². The number of thioether (sulfide) groups is 1. The molecule has 2 aromatic carbocycles. The third kappa shape index (κ3) is 4.17. The molecule has 6 nitrogen and oxygen atoms in total. The van der Waals surface area contributed by atoms with Crippen LogP contribution in [0.3, 0.4) is 0 Å². The Morgan fingerprint density at radius 1 is 1.03 bits per heavy atom. The first-order valence-electron chi connectivity index (χ1n) is 9.03. The lowest BCUT2D eigenvalue weighted by atomic mass is 10.2. The van der Waals surface area contributed by atoms with E-state index in [9.17, 15) is 0 Å². The fourth-order valence-corrected chi connectivity index (χ4v) is 4.17. The standard InChI is InChI=1S/C20H18Cl2N6S/c1-13(2)28-25-19(24-26-28)15-11-23-27(17-10-6-9-16(21)18(17)22)20(15)29-12-14-7-4-3-5-8-14/h3-11,13H,12H2,1-2H3. The largest absolute Gasteiger partial charge is 0.225 e. The van der Waals surface area contributed by atoms with Gasteiger partial charge in [-0.1, -0.05) is 59.6 Å². The summed E-state index contributed by atoms with van der Waals surface area (Å²) in [5.41, 5.74) is 2.71. The first kappa shape index (κ1) is 19.9. The molecule has 0 bridgehead atoms. The van der Waals surface area contributed by atoms with Gasteiger partial charge in [-0.2, -0.15) is 9.90 Å². The number of nitrogens with zero attached hydrogens (tertiary/aromatic N) is 6. The molecular weight excluding hydrogens is 427 g/mol. The van der Waals surface area contributed by atoms with Crippen LogP contribution in [0.15, 0.2) is 59.8 Å². The number of rotatable bonds is 6. The molecule has 0 amide bonds. The first-order chi connectivity index (χ1) is 14.0. The van der Waals surface area contributed by atoms with Crippen molar-refractivity contribution in [3.63, 3.8) is 0 Å². The molecule has 0 aliphatic heterocycles. The highest BCUT2D eigenvalue weighted by atomic mass is 35.5. The summed E-state index contributed by atoms with van der Waals surface area (Å²) >= 11 is 14.3. The van der Waals surface area contributed by atoms with Gasteiger partial charge >= 0.3 is 0 Å². The Kier molecular flexibility index (Phi) is 5.89. The van der Waals surface area contributed by atoms with Gasteiger partial charge in [0.05, 0.1) is 33.5 Å². The van der Waals surface area contributed by atoms with Gasteiger partial charge in [-0.05, 0) is 36.8 Å². The van der Waals surface area contributed by atoms with Crippen LogP contribution in [0.25, 0.3) is 17.1 Å². The monoisotopic (exact) mass is 444 g/mol. The van der Waals surface area contributed by atoms with Crippen molar-refractivity contribution in [2.45, 2.75) is 30.7 Å². The number of hydrogen-bond donors (Lipinski definition) is 0. The van der Waals surface area contributed by atoms with E-state index in [1.54, 1.807) is 33.5 Å². The summed E-state index contributed by atoms with van der Waals surface area (Å²) < 4.78 is 1.78. The molecule has 0 unspecified atom stereocenters. The van der Waals surface area contributed by atoms with Gasteiger partial charge < -0.3 is 0 Å². The fourth-order valence-electron chi connectivity index (χ4n) is 2.73. The molecule has 148 valence electrons. The second-order valence-electron chi connectivity index (χ2n) is 6.65. The molecular formula is C20H18Cl2N6S. The molecule has 29 heavy (non-hydrogen) atoms. The number of hydrogen-bond acceptors (Lipinski definition) is 5. The summed E-state index contributed by atoms with van der Waals surface area (Å²) in [5, 5.41) is 19.3. The van der Waals surface area contributed by atoms with Gasteiger partial charge in [-0.3, -0.25) is 0 Å². The van der Waals surface area contributed by atoms with Gasteiger partial charge in [0.15, 0.2) is 0 Å². The van der Waals surface area contributed by atoms with Crippen molar-refractivity contribution in [1.82, 2.24) is 30.0 Å². The van der Waals surface area contributed by atoms with E-state index in [0.717, 1.165) is 16.3 Å². The van der Waals surface area contributed by atoms with Crippen molar-refractivity contribution < 1.29 is 0 Å². The van der Waals surface area contributed by atoms with Crippen LogP contribution in [0.2, 0.25) is 10.0 Å². The maximum atomic E-state index is 6.47. The second-order valence-corrected chi connectivity index (χ2v) is 8.40. The highest BCUT2D eigenvalue weighted by molar-refractivity contribution is 7.98. The third-order valence-electron chi connectivity index (χ3n) is 4.23. The van der Waals surface area contributed by atoms with Gasteiger partial charge in [-0.15, -0.1) is 22.0 Å². The molecule has 0 atom stereocenters. The van der Waals surface area contributed by atoms with Gasteiger partial charge in [0.1, 0.15) is 5.03 Å². The Balaban J connectivity index is 1.78. The average Bonchev–Trinajstić information content (AvgIpc) is 3.36. The van der Waals surface area contributed by atoms with E-state index >= 15 is 0 Å². The van der Waals surface area contributed by atoms with E-state index in [1.807, 2.05) is 44.2 Å². The Morgan fingerprint density at radius 3 is 2.55 bits per heavy atom. The summed E-state index contributed by atoms with van der Waals surface area (Å²) in [5.74, 6) is 1.29. The Morgan fingerprint density at radius 2 is 1.83 bits per heavy atom. The normalized spacial score (nSPS) is 11.3. The van der Waals surface area contributed by atoms with E-state index < -0.39 is 0 Å². The molecule has 0 N–H and O–H groups in total. The smallest absolute Gasteiger partial charge is 0.209 e. The average molecular weight is 445 g/mol. The maximum absolute atomic E-state index is 6.47. The molecule has 0 saturated heterocycles. The van der Waals surface area contributed by atoms with Gasteiger partial charge in [0, 0.05) is 5.75 Å². The first-order valence-corrected chi connectivity index (χ1v) is 10.8. The zero-order valence-electron chi connectivity index (χ0n) is 15.8. The SMILES string of the molecule is CC(C)n1nnc(-c2cnn(-c3cccc(Cl)c3Cl)c2SCc2ccccc2)n1. The van der Waals surface area contributed by atoms with E-state index in [1.165, 1.54) is 5.56 Å². The van der Waals surface area contributed by atoms with Crippen LogP contribution >= 0.6 is 35.0 Å². The van der Waals surface area contributed by atoms with Crippen LogP contribution in [0.5, 0.6) is 0 Å². The molecule has 0 aliphatic carbocycles. The predicted octanol–water partition coefficient (Wildman–Crippen LogP) is 5.71. The highest BCUT2D eigenvalue weighted by Gasteiger charge is 2.21. The minimum absolute atomic E-state index is 0.120. The van der Waals surface area contributed by atoms with Crippen molar-refractivity contribution in [2.24, 2.45) is 0 Å². The maximum Gasteiger partial charge on any atom is 0.209 e. The van der Waals surface area contributed by atoms with Crippen molar-refractivity contribution in [3.8, 4) is 17.1 Å². The van der Waals surface area contributed by atoms with Crippen LogP contribution in [0.4, 0.5) is 0 Å². The number of halogens is 2. The van der Waals surface area contributed by atoms with E-state index in [4.69, 9.17) is 23.2 Å². The summed E-state index contributed by atoms with van der Waals surface area (Å²) in [6.07, 6.45) is 1.74. The minimum atomic E-state index is 0.120. The molecule has 0 fully saturated rings. The zero-order valence-corrected chi connectivity index (χ0v) is 18.2. The van der Waals surface area contributed by atoms with Crippen molar-refractivity contribution in [3.05, 3.63) is 70.3 Å². The lowest BCUT2D eigenvalue weighted by Crippen LogP contribution is -2.04. The number of tetrazole rings is 1. The third-order valence-corrected chi connectivity index (χ3v) is 6.19. The van der Waals surface area contributed by atoms with Crippen LogP contribution < -0.4 is 0 Å². The Labute approximate surface area is 182 Å². The van der Waals surface area contributed by atoms with Crippen LogP contribution in [0, 0.1) is 0 Å². The molecule has 0 radical (unpaired) electrons. The van der Waals surface area contributed by atoms with Gasteiger partial charge in [0.25, 0.3) is 0 Å². The molecule has 0 spiro atoms. The summed E-state index contributed by atoms with van der Waals surface area (Å²) in [7, 11) is 0. The van der Waals surface area contributed by atoms with E-state index in [0.29, 0.717) is 21.6 Å². The zero-order chi connectivity index (χ0) is 20.4. The molecule has 4 aromatic rings. The van der Waals surface area contributed by atoms with Crippen LogP contribution in [0.1, 0.15) is 25.5 Å². The molecule has 9 heteroatoms. The van der Waals surface area contributed by atoms with Crippen molar-refractivity contribution in [2.75, 3.05) is 0 Å². The second kappa shape index (κ2) is 8.57. The summed E-state index contributed by atoms with van der Waals surface area (Å²) in [6.45, 7) is 4.01. The Bertz CT molecular complexity index is 1120.